The molecule has 8 heteroatoms. The predicted octanol–water partition coefficient (Wildman–Crippen LogP) is 4.04. The summed E-state index contributed by atoms with van der Waals surface area (Å²) >= 11 is 5.89. The molecule has 3 heterocycles. The molecule has 31 heavy (non-hydrogen) atoms. The minimum Gasteiger partial charge on any atom is -0.329 e. The second-order valence-corrected chi connectivity index (χ2v) is 7.98. The third-order valence-corrected chi connectivity index (χ3v) is 5.20. The summed E-state index contributed by atoms with van der Waals surface area (Å²) in [5, 5.41) is 1.29. The highest BCUT2D eigenvalue weighted by molar-refractivity contribution is 6.30. The second-order valence-electron chi connectivity index (χ2n) is 7.55. The molecule has 0 unspecified atom stereocenters. The highest BCUT2D eigenvalue weighted by Gasteiger charge is 2.20. The molecule has 0 aliphatic heterocycles. The Labute approximate surface area is 184 Å². The highest BCUT2D eigenvalue weighted by atomic mass is 35.5. The summed E-state index contributed by atoms with van der Waals surface area (Å²) in [4.78, 5) is 42.4. The number of aromatic nitrogens is 5. The highest BCUT2D eigenvalue weighted by Crippen LogP contribution is 2.24. The van der Waals surface area contributed by atoms with E-state index in [9.17, 15) is 9.59 Å². The van der Waals surface area contributed by atoms with E-state index in [0.29, 0.717) is 27.3 Å². The van der Waals surface area contributed by atoms with Gasteiger partial charge in [-0.3, -0.25) is 9.59 Å². The van der Waals surface area contributed by atoms with E-state index in [0.717, 1.165) is 5.56 Å². The number of benzene rings is 1. The number of hydrogen-bond acceptors (Lipinski definition) is 6. The smallest absolute Gasteiger partial charge is 0.213 e. The van der Waals surface area contributed by atoms with Crippen molar-refractivity contribution in [2.24, 2.45) is 0 Å². The van der Waals surface area contributed by atoms with Gasteiger partial charge in [-0.25, -0.2) is 19.9 Å². The summed E-state index contributed by atoms with van der Waals surface area (Å²) in [6, 6.07) is 8.85. The lowest BCUT2D eigenvalue weighted by Gasteiger charge is -2.07. The van der Waals surface area contributed by atoms with E-state index in [4.69, 9.17) is 11.6 Å². The van der Waals surface area contributed by atoms with Crippen LogP contribution in [0, 0.1) is 0 Å². The summed E-state index contributed by atoms with van der Waals surface area (Å²) in [5.74, 6) is -0.266. The molecule has 0 spiro atoms. The molecule has 4 rings (SSSR count). The zero-order valence-electron chi connectivity index (χ0n) is 17.1. The molecular formula is C23H20ClN5O2. The van der Waals surface area contributed by atoms with Crippen LogP contribution in [0.1, 0.15) is 47.2 Å². The van der Waals surface area contributed by atoms with Crippen LogP contribution in [-0.4, -0.2) is 36.1 Å². The van der Waals surface area contributed by atoms with Crippen molar-refractivity contribution in [3.63, 3.8) is 0 Å². The molecule has 0 bridgehead atoms. The van der Waals surface area contributed by atoms with Gasteiger partial charge >= 0.3 is 0 Å². The standard InChI is InChI=1S/C23H20ClN5O2/c1-14(2)29-11-20(19-10-25-12-28-23(19)29)22(31)21-9-17(26-13-27-21)8-18(30)7-15-3-5-16(24)6-4-15/h3-6,9-14H,7-8H2,1-2H3. The van der Waals surface area contributed by atoms with Crippen LogP contribution >= 0.6 is 11.6 Å². The van der Waals surface area contributed by atoms with Crippen molar-refractivity contribution in [1.29, 1.82) is 0 Å². The first-order valence-electron chi connectivity index (χ1n) is 9.84. The third kappa shape index (κ3) is 4.51. The van der Waals surface area contributed by atoms with Crippen LogP contribution in [0.2, 0.25) is 5.02 Å². The molecule has 0 saturated heterocycles. The summed E-state index contributed by atoms with van der Waals surface area (Å²) in [6.07, 6.45) is 6.57. The zero-order valence-corrected chi connectivity index (χ0v) is 17.9. The van der Waals surface area contributed by atoms with Crippen LogP contribution in [0.3, 0.4) is 0 Å². The van der Waals surface area contributed by atoms with Crippen LogP contribution in [0.4, 0.5) is 0 Å². The van der Waals surface area contributed by atoms with Gasteiger partial charge in [0, 0.05) is 41.7 Å². The first-order valence-corrected chi connectivity index (χ1v) is 10.2. The van der Waals surface area contributed by atoms with E-state index < -0.39 is 0 Å². The molecule has 0 atom stereocenters. The molecule has 0 N–H and O–H groups in total. The number of ketones is 2. The van der Waals surface area contributed by atoms with Gasteiger partial charge in [0.2, 0.25) is 5.78 Å². The molecule has 0 aliphatic carbocycles. The number of hydrogen-bond donors (Lipinski definition) is 0. The van der Waals surface area contributed by atoms with Gasteiger partial charge in [0.15, 0.2) is 0 Å². The maximum absolute atomic E-state index is 13.2. The summed E-state index contributed by atoms with van der Waals surface area (Å²) in [5.41, 5.74) is 2.78. The summed E-state index contributed by atoms with van der Waals surface area (Å²) < 4.78 is 1.93. The van der Waals surface area contributed by atoms with Gasteiger partial charge in [0.1, 0.15) is 29.8 Å². The number of carbonyl (C=O) groups excluding carboxylic acids is 2. The minimum absolute atomic E-state index is 0.00997. The molecule has 1 aromatic carbocycles. The van der Waals surface area contributed by atoms with Gasteiger partial charge in [-0.15, -0.1) is 0 Å². The van der Waals surface area contributed by atoms with Crippen molar-refractivity contribution in [2.75, 3.05) is 0 Å². The van der Waals surface area contributed by atoms with E-state index in [1.807, 2.05) is 30.5 Å². The van der Waals surface area contributed by atoms with Gasteiger partial charge in [0.05, 0.1) is 11.3 Å². The van der Waals surface area contributed by atoms with Crippen molar-refractivity contribution in [3.8, 4) is 0 Å². The van der Waals surface area contributed by atoms with E-state index in [1.54, 1.807) is 30.6 Å². The lowest BCUT2D eigenvalue weighted by atomic mass is 10.0. The first-order chi connectivity index (χ1) is 14.9. The van der Waals surface area contributed by atoms with Crippen LogP contribution in [-0.2, 0) is 17.6 Å². The van der Waals surface area contributed by atoms with Crippen LogP contribution in [0.15, 0.2) is 55.4 Å². The van der Waals surface area contributed by atoms with Crippen molar-refractivity contribution in [3.05, 3.63) is 82.9 Å². The van der Waals surface area contributed by atoms with Crippen molar-refractivity contribution < 1.29 is 9.59 Å². The van der Waals surface area contributed by atoms with E-state index in [2.05, 4.69) is 19.9 Å². The molecule has 0 saturated carbocycles. The number of carbonyl (C=O) groups is 2. The summed E-state index contributed by atoms with van der Waals surface area (Å²) in [6.45, 7) is 4.04. The maximum atomic E-state index is 13.2. The topological polar surface area (TPSA) is 90.6 Å². The number of rotatable bonds is 7. The third-order valence-electron chi connectivity index (χ3n) is 4.94. The lowest BCUT2D eigenvalue weighted by Crippen LogP contribution is -2.11. The molecule has 0 fully saturated rings. The van der Waals surface area contributed by atoms with Gasteiger partial charge in [0.25, 0.3) is 0 Å². The second kappa shape index (κ2) is 8.73. The van der Waals surface area contributed by atoms with E-state index in [1.165, 1.54) is 12.7 Å². The molecule has 3 aromatic heterocycles. The Bertz CT molecular complexity index is 1260. The number of nitrogens with zero attached hydrogens (tertiary/aromatic N) is 5. The van der Waals surface area contributed by atoms with Crippen LogP contribution in [0.5, 0.6) is 0 Å². The van der Waals surface area contributed by atoms with E-state index >= 15 is 0 Å². The fraction of sp³-hybridized carbons (Fsp3) is 0.217. The average Bonchev–Trinajstić information content (AvgIpc) is 3.15. The Kier molecular flexibility index (Phi) is 5.86. The molecule has 7 nitrogen and oxygen atoms in total. The molecule has 0 radical (unpaired) electrons. The fourth-order valence-electron chi connectivity index (χ4n) is 3.41. The van der Waals surface area contributed by atoms with Crippen molar-refractivity contribution in [1.82, 2.24) is 24.5 Å². The Morgan fingerprint density at radius 3 is 2.55 bits per heavy atom. The number of fused-ring (bicyclic) bond motifs is 1. The molecule has 0 amide bonds. The van der Waals surface area contributed by atoms with Crippen LogP contribution in [0.25, 0.3) is 11.0 Å². The predicted molar refractivity (Wildman–Crippen MR) is 117 cm³/mol. The molecule has 0 aliphatic rings. The minimum atomic E-state index is -0.256. The lowest BCUT2D eigenvalue weighted by molar-refractivity contribution is -0.117. The quantitative estimate of drug-likeness (QED) is 0.408. The van der Waals surface area contributed by atoms with Crippen molar-refractivity contribution in [2.45, 2.75) is 32.7 Å². The Hall–Kier alpha value is -3.45. The van der Waals surface area contributed by atoms with Gasteiger partial charge in [-0.05, 0) is 37.6 Å². The van der Waals surface area contributed by atoms with Crippen molar-refractivity contribution >= 4 is 34.2 Å². The zero-order chi connectivity index (χ0) is 22.0. The largest absolute Gasteiger partial charge is 0.329 e. The Morgan fingerprint density at radius 1 is 1.03 bits per heavy atom. The maximum Gasteiger partial charge on any atom is 0.213 e. The first kappa shape index (κ1) is 20.8. The monoisotopic (exact) mass is 433 g/mol. The fourth-order valence-corrected chi connectivity index (χ4v) is 3.54. The van der Waals surface area contributed by atoms with Gasteiger partial charge in [-0.2, -0.15) is 0 Å². The summed E-state index contributed by atoms with van der Waals surface area (Å²) in [7, 11) is 0. The number of Topliss-reactive ketones (excluding diaryl/α,β-unsaturated/α-hetero) is 1. The SMILES string of the molecule is CC(C)n1cc(C(=O)c2cc(CC(=O)Cc3ccc(Cl)cc3)ncn2)c2cncnc21. The normalized spacial score (nSPS) is 11.2. The van der Waals surface area contributed by atoms with Gasteiger partial charge < -0.3 is 4.57 Å². The Balaban J connectivity index is 1.57. The molecule has 156 valence electrons. The molecule has 4 aromatic rings. The Morgan fingerprint density at radius 2 is 1.81 bits per heavy atom. The molecular weight excluding hydrogens is 414 g/mol. The number of halogens is 1. The van der Waals surface area contributed by atoms with E-state index in [-0.39, 0.29) is 36.1 Å². The van der Waals surface area contributed by atoms with Gasteiger partial charge in [-0.1, -0.05) is 23.7 Å². The average molecular weight is 434 g/mol. The van der Waals surface area contributed by atoms with Crippen LogP contribution < -0.4 is 0 Å².